The molecule has 1 aliphatic heterocycles. The molecule has 0 saturated carbocycles. The highest BCUT2D eigenvalue weighted by Crippen LogP contribution is 2.32. The van der Waals surface area contributed by atoms with E-state index in [0.717, 1.165) is 24.2 Å². The molecule has 1 heterocycles. The maximum atomic E-state index is 10.2. The third kappa shape index (κ3) is 4.59. The Bertz CT molecular complexity index is 462. The van der Waals surface area contributed by atoms with Gasteiger partial charge in [0.1, 0.15) is 13.2 Å². The van der Waals surface area contributed by atoms with Gasteiger partial charge in [0, 0.05) is 13.1 Å². The predicted octanol–water partition coefficient (Wildman–Crippen LogP) is 1.63. The van der Waals surface area contributed by atoms with Crippen molar-refractivity contribution in [3.63, 3.8) is 0 Å². The Hall–Kier alpha value is -1.30. The van der Waals surface area contributed by atoms with Gasteiger partial charge in [-0.2, -0.15) is 0 Å². The topological polar surface area (TPSA) is 71.0 Å². The van der Waals surface area contributed by atoms with Crippen LogP contribution in [0.25, 0.3) is 0 Å². The van der Waals surface area contributed by atoms with Gasteiger partial charge in [0.25, 0.3) is 0 Å². The van der Waals surface area contributed by atoms with E-state index in [1.54, 1.807) is 6.92 Å². The molecule has 0 fully saturated rings. The fourth-order valence-corrected chi connectivity index (χ4v) is 2.49. The van der Waals surface area contributed by atoms with Crippen LogP contribution < -0.4 is 14.8 Å². The highest BCUT2D eigenvalue weighted by molar-refractivity contribution is 5.44. The molecule has 0 bridgehead atoms. The summed E-state index contributed by atoms with van der Waals surface area (Å²) in [6.45, 7) is 5.79. The van der Waals surface area contributed by atoms with Gasteiger partial charge in [0.05, 0.1) is 11.7 Å². The lowest BCUT2D eigenvalue weighted by Crippen LogP contribution is -2.39. The third-order valence-corrected chi connectivity index (χ3v) is 3.58. The summed E-state index contributed by atoms with van der Waals surface area (Å²) >= 11 is 0. The number of ether oxygens (including phenoxy) is 2. The smallest absolute Gasteiger partial charge is 0.161 e. The highest BCUT2D eigenvalue weighted by Gasteiger charge is 2.20. The Labute approximate surface area is 125 Å². The normalized spacial score (nSPS) is 18.1. The second kappa shape index (κ2) is 7.11. The average molecular weight is 295 g/mol. The summed E-state index contributed by atoms with van der Waals surface area (Å²) in [6, 6.07) is 5.47. The number of aliphatic hydroxyl groups is 2. The molecule has 2 rings (SSSR count). The molecule has 0 saturated heterocycles. The first-order chi connectivity index (χ1) is 10.0. The Kier molecular flexibility index (Phi) is 5.45. The maximum Gasteiger partial charge on any atom is 0.161 e. The van der Waals surface area contributed by atoms with Gasteiger partial charge >= 0.3 is 0 Å². The summed E-state index contributed by atoms with van der Waals surface area (Å²) in [5, 5.41) is 23.4. The van der Waals surface area contributed by atoms with Crippen molar-refractivity contribution in [2.75, 3.05) is 26.3 Å². The van der Waals surface area contributed by atoms with Crippen LogP contribution in [0.4, 0.5) is 0 Å². The van der Waals surface area contributed by atoms with Gasteiger partial charge in [-0.05, 0) is 31.0 Å². The van der Waals surface area contributed by atoms with Crippen LogP contribution in [-0.4, -0.2) is 42.1 Å². The number of nitrogens with one attached hydrogen (secondary N) is 1. The molecule has 3 N–H and O–H groups in total. The summed E-state index contributed by atoms with van der Waals surface area (Å²) in [4.78, 5) is 0. The first-order valence-electron chi connectivity index (χ1n) is 7.52. The molecule has 21 heavy (non-hydrogen) atoms. The maximum absolute atomic E-state index is 10.2. The average Bonchev–Trinajstić information content (AvgIpc) is 2.46. The van der Waals surface area contributed by atoms with E-state index < -0.39 is 11.7 Å². The monoisotopic (exact) mass is 295 g/mol. The van der Waals surface area contributed by atoms with Crippen LogP contribution in [0.2, 0.25) is 0 Å². The summed E-state index contributed by atoms with van der Waals surface area (Å²) in [5.74, 6) is 1.40. The van der Waals surface area contributed by atoms with E-state index in [1.807, 2.05) is 25.1 Å². The van der Waals surface area contributed by atoms with Crippen LogP contribution in [0, 0.1) is 0 Å². The summed E-state index contributed by atoms with van der Waals surface area (Å²) in [5.41, 5.74) is 0.0447. The lowest BCUT2D eigenvalue weighted by molar-refractivity contribution is 0.0461. The lowest BCUT2D eigenvalue weighted by Gasteiger charge is -2.24. The van der Waals surface area contributed by atoms with E-state index in [1.165, 1.54) is 0 Å². The quantitative estimate of drug-likeness (QED) is 0.713. The molecule has 118 valence electrons. The Morgan fingerprint density at radius 2 is 2.00 bits per heavy atom. The van der Waals surface area contributed by atoms with Gasteiger partial charge in [-0.3, -0.25) is 0 Å². The number of hydrogen-bond acceptors (Lipinski definition) is 5. The minimum atomic E-state index is -0.735. The van der Waals surface area contributed by atoms with Crippen molar-refractivity contribution in [2.24, 2.45) is 0 Å². The highest BCUT2D eigenvalue weighted by atomic mass is 16.6. The van der Waals surface area contributed by atoms with Crippen LogP contribution in [0.5, 0.6) is 11.5 Å². The zero-order chi connectivity index (χ0) is 15.3. The fourth-order valence-electron chi connectivity index (χ4n) is 2.49. The van der Waals surface area contributed by atoms with Crippen LogP contribution in [-0.2, 0) is 0 Å². The molecular formula is C16H25NO4. The Morgan fingerprint density at radius 1 is 1.29 bits per heavy atom. The zero-order valence-corrected chi connectivity index (χ0v) is 12.8. The van der Waals surface area contributed by atoms with Gasteiger partial charge in [-0.15, -0.1) is 0 Å². The van der Waals surface area contributed by atoms with Crippen molar-refractivity contribution in [3.8, 4) is 11.5 Å². The van der Waals surface area contributed by atoms with Crippen molar-refractivity contribution < 1.29 is 19.7 Å². The standard InChI is InChI=1S/C16H25NO4/c1-3-6-16(2,19)11-17-10-13(18)12-4-5-14-15(9-12)21-8-7-20-14/h4-5,9,13,17-19H,3,6-8,10-11H2,1-2H3. The van der Waals surface area contributed by atoms with Gasteiger partial charge in [0.15, 0.2) is 11.5 Å². The number of benzene rings is 1. The van der Waals surface area contributed by atoms with E-state index >= 15 is 0 Å². The van der Waals surface area contributed by atoms with Crippen LogP contribution in [0.3, 0.4) is 0 Å². The molecule has 0 radical (unpaired) electrons. The second-order valence-electron chi connectivity index (χ2n) is 5.80. The number of aliphatic hydroxyl groups excluding tert-OH is 1. The van der Waals surface area contributed by atoms with Gasteiger partial charge in [-0.1, -0.05) is 19.4 Å². The summed E-state index contributed by atoms with van der Waals surface area (Å²) in [6.07, 6.45) is 1.03. The van der Waals surface area contributed by atoms with Crippen molar-refractivity contribution in [3.05, 3.63) is 23.8 Å². The van der Waals surface area contributed by atoms with E-state index in [9.17, 15) is 10.2 Å². The largest absolute Gasteiger partial charge is 0.486 e. The molecule has 2 unspecified atom stereocenters. The molecule has 0 amide bonds. The van der Waals surface area contributed by atoms with E-state index in [2.05, 4.69) is 5.32 Å². The molecule has 0 aromatic heterocycles. The number of fused-ring (bicyclic) bond motifs is 1. The fraction of sp³-hybridized carbons (Fsp3) is 0.625. The van der Waals surface area contributed by atoms with Crippen LogP contribution in [0.1, 0.15) is 38.4 Å². The second-order valence-corrected chi connectivity index (χ2v) is 5.80. The molecule has 5 nitrogen and oxygen atoms in total. The third-order valence-electron chi connectivity index (χ3n) is 3.58. The number of hydrogen-bond donors (Lipinski definition) is 3. The number of rotatable bonds is 7. The van der Waals surface area contributed by atoms with Crippen LogP contribution in [0.15, 0.2) is 18.2 Å². The predicted molar refractivity (Wildman–Crippen MR) is 80.8 cm³/mol. The molecule has 0 aliphatic carbocycles. The SMILES string of the molecule is CCCC(C)(O)CNCC(O)c1ccc2c(c1)OCCO2. The van der Waals surface area contributed by atoms with E-state index in [-0.39, 0.29) is 0 Å². The van der Waals surface area contributed by atoms with Crippen molar-refractivity contribution in [1.29, 1.82) is 0 Å². The molecule has 1 aromatic carbocycles. The van der Waals surface area contributed by atoms with Gasteiger partial charge < -0.3 is 25.0 Å². The first kappa shape index (κ1) is 16.1. The van der Waals surface area contributed by atoms with Crippen molar-refractivity contribution in [2.45, 2.75) is 38.4 Å². The molecule has 1 aromatic rings. The van der Waals surface area contributed by atoms with Crippen molar-refractivity contribution in [1.82, 2.24) is 5.32 Å². The molecule has 2 atom stereocenters. The van der Waals surface area contributed by atoms with Crippen LogP contribution >= 0.6 is 0 Å². The lowest BCUT2D eigenvalue weighted by atomic mass is 10.0. The minimum Gasteiger partial charge on any atom is -0.486 e. The molecular weight excluding hydrogens is 270 g/mol. The summed E-state index contributed by atoms with van der Waals surface area (Å²) in [7, 11) is 0. The molecule has 5 heteroatoms. The first-order valence-corrected chi connectivity index (χ1v) is 7.52. The summed E-state index contributed by atoms with van der Waals surface area (Å²) < 4.78 is 11.0. The van der Waals surface area contributed by atoms with Gasteiger partial charge in [-0.25, -0.2) is 0 Å². The Morgan fingerprint density at radius 3 is 2.71 bits per heavy atom. The molecule has 0 spiro atoms. The van der Waals surface area contributed by atoms with E-state index in [4.69, 9.17) is 9.47 Å². The zero-order valence-electron chi connectivity index (χ0n) is 12.8. The van der Waals surface area contributed by atoms with Gasteiger partial charge in [0.2, 0.25) is 0 Å². The minimum absolute atomic E-state index is 0.388. The van der Waals surface area contributed by atoms with E-state index in [0.29, 0.717) is 32.1 Å². The van der Waals surface area contributed by atoms with Crippen molar-refractivity contribution >= 4 is 0 Å². The Balaban J connectivity index is 1.87. The molecule has 1 aliphatic rings.